The van der Waals surface area contributed by atoms with Gasteiger partial charge in [-0.2, -0.15) is 0 Å². The SMILES string of the molecule is CC(C)c1nc2c3ccccc3ccc2n1CCCN1CCCC1. The van der Waals surface area contributed by atoms with Crippen LogP contribution in [0.4, 0.5) is 0 Å². The minimum atomic E-state index is 0.447. The third-order valence-corrected chi connectivity index (χ3v) is 5.24. The summed E-state index contributed by atoms with van der Waals surface area (Å²) in [6, 6.07) is 13.1. The number of likely N-dealkylation sites (tertiary alicyclic amines) is 1. The molecule has 1 fully saturated rings. The summed E-state index contributed by atoms with van der Waals surface area (Å²) in [7, 11) is 0. The van der Waals surface area contributed by atoms with Crippen LogP contribution in [0.15, 0.2) is 36.4 Å². The Bertz CT molecular complexity index is 841. The molecular formula is C21H27N3. The fourth-order valence-corrected chi connectivity index (χ4v) is 4.01. The Labute approximate surface area is 144 Å². The predicted octanol–water partition coefficient (Wildman–Crippen LogP) is 4.80. The Balaban J connectivity index is 1.69. The van der Waals surface area contributed by atoms with Crippen LogP contribution in [0.25, 0.3) is 21.8 Å². The molecule has 1 aliphatic heterocycles. The molecular weight excluding hydrogens is 294 g/mol. The average Bonchev–Trinajstić information content (AvgIpc) is 3.23. The molecule has 0 radical (unpaired) electrons. The molecule has 1 saturated heterocycles. The molecule has 24 heavy (non-hydrogen) atoms. The molecule has 126 valence electrons. The van der Waals surface area contributed by atoms with Crippen LogP contribution in [0, 0.1) is 0 Å². The highest BCUT2D eigenvalue weighted by molar-refractivity contribution is 6.04. The van der Waals surface area contributed by atoms with Crippen LogP contribution in [-0.2, 0) is 6.54 Å². The topological polar surface area (TPSA) is 21.1 Å². The van der Waals surface area contributed by atoms with E-state index < -0.39 is 0 Å². The van der Waals surface area contributed by atoms with E-state index in [-0.39, 0.29) is 0 Å². The molecule has 0 unspecified atom stereocenters. The predicted molar refractivity (Wildman–Crippen MR) is 102 cm³/mol. The first-order chi connectivity index (χ1) is 11.7. The molecule has 0 atom stereocenters. The van der Waals surface area contributed by atoms with E-state index >= 15 is 0 Å². The molecule has 2 heterocycles. The van der Waals surface area contributed by atoms with Crippen molar-refractivity contribution in [1.82, 2.24) is 14.5 Å². The summed E-state index contributed by atoms with van der Waals surface area (Å²) in [5.74, 6) is 1.67. The van der Waals surface area contributed by atoms with Crippen LogP contribution < -0.4 is 0 Å². The van der Waals surface area contributed by atoms with Gasteiger partial charge >= 0.3 is 0 Å². The van der Waals surface area contributed by atoms with E-state index in [1.165, 1.54) is 61.0 Å². The van der Waals surface area contributed by atoms with Gasteiger partial charge in [-0.1, -0.05) is 44.2 Å². The van der Waals surface area contributed by atoms with Crippen LogP contribution in [-0.4, -0.2) is 34.1 Å². The number of hydrogen-bond donors (Lipinski definition) is 0. The summed E-state index contributed by atoms with van der Waals surface area (Å²) >= 11 is 0. The van der Waals surface area contributed by atoms with Gasteiger partial charge in [-0.25, -0.2) is 4.98 Å². The monoisotopic (exact) mass is 321 g/mol. The maximum absolute atomic E-state index is 5.04. The molecule has 0 spiro atoms. The molecule has 0 bridgehead atoms. The summed E-state index contributed by atoms with van der Waals surface area (Å²) in [4.78, 5) is 7.64. The molecule has 0 amide bonds. The number of nitrogens with zero attached hydrogens (tertiary/aromatic N) is 3. The fraction of sp³-hybridized carbons (Fsp3) is 0.476. The zero-order chi connectivity index (χ0) is 16.5. The van der Waals surface area contributed by atoms with E-state index in [1.54, 1.807) is 0 Å². The number of benzene rings is 2. The van der Waals surface area contributed by atoms with Crippen molar-refractivity contribution >= 4 is 21.8 Å². The highest BCUT2D eigenvalue weighted by atomic mass is 15.1. The highest BCUT2D eigenvalue weighted by Crippen LogP contribution is 2.28. The van der Waals surface area contributed by atoms with E-state index in [4.69, 9.17) is 4.98 Å². The number of imidazole rings is 1. The van der Waals surface area contributed by atoms with Gasteiger partial charge in [-0.15, -0.1) is 0 Å². The Hall–Kier alpha value is -1.87. The van der Waals surface area contributed by atoms with Gasteiger partial charge in [0.2, 0.25) is 0 Å². The Kier molecular flexibility index (Phi) is 4.28. The lowest BCUT2D eigenvalue weighted by molar-refractivity contribution is 0.325. The first kappa shape index (κ1) is 15.6. The van der Waals surface area contributed by atoms with Crippen LogP contribution in [0.5, 0.6) is 0 Å². The number of rotatable bonds is 5. The maximum Gasteiger partial charge on any atom is 0.112 e. The van der Waals surface area contributed by atoms with Gasteiger partial charge in [0.25, 0.3) is 0 Å². The Morgan fingerprint density at radius 3 is 2.58 bits per heavy atom. The van der Waals surface area contributed by atoms with E-state index in [0.717, 1.165) is 12.1 Å². The first-order valence-electron chi connectivity index (χ1n) is 9.34. The summed E-state index contributed by atoms with van der Waals surface area (Å²) in [6.45, 7) is 9.35. The average molecular weight is 321 g/mol. The van der Waals surface area contributed by atoms with Crippen molar-refractivity contribution in [1.29, 1.82) is 0 Å². The van der Waals surface area contributed by atoms with E-state index in [2.05, 4.69) is 59.7 Å². The normalized spacial score (nSPS) is 16.0. The first-order valence-corrected chi connectivity index (χ1v) is 9.34. The number of aromatic nitrogens is 2. The van der Waals surface area contributed by atoms with Crippen LogP contribution >= 0.6 is 0 Å². The zero-order valence-electron chi connectivity index (χ0n) is 14.8. The third-order valence-electron chi connectivity index (χ3n) is 5.24. The lowest BCUT2D eigenvalue weighted by Crippen LogP contribution is -2.21. The molecule has 1 aliphatic rings. The van der Waals surface area contributed by atoms with Gasteiger partial charge in [0.1, 0.15) is 5.82 Å². The second-order valence-electron chi connectivity index (χ2n) is 7.33. The van der Waals surface area contributed by atoms with Gasteiger partial charge < -0.3 is 9.47 Å². The van der Waals surface area contributed by atoms with Crippen LogP contribution in [0.2, 0.25) is 0 Å². The van der Waals surface area contributed by atoms with Crippen molar-refractivity contribution in [2.75, 3.05) is 19.6 Å². The van der Waals surface area contributed by atoms with Gasteiger partial charge in [0.05, 0.1) is 11.0 Å². The van der Waals surface area contributed by atoms with E-state index in [0.29, 0.717) is 5.92 Å². The maximum atomic E-state index is 5.04. The van der Waals surface area contributed by atoms with Crippen molar-refractivity contribution in [3.63, 3.8) is 0 Å². The molecule has 0 aliphatic carbocycles. The molecule has 3 nitrogen and oxygen atoms in total. The van der Waals surface area contributed by atoms with Gasteiger partial charge in [-0.05, 0) is 50.3 Å². The lowest BCUT2D eigenvalue weighted by atomic mass is 10.1. The van der Waals surface area contributed by atoms with Crippen molar-refractivity contribution in [3.8, 4) is 0 Å². The lowest BCUT2D eigenvalue weighted by Gasteiger charge is -2.16. The summed E-state index contributed by atoms with van der Waals surface area (Å²) in [6.07, 6.45) is 3.95. The molecule has 0 saturated carbocycles. The Morgan fingerprint density at radius 2 is 1.79 bits per heavy atom. The van der Waals surface area contributed by atoms with Gasteiger partial charge in [0.15, 0.2) is 0 Å². The quantitative estimate of drug-likeness (QED) is 0.673. The molecule has 0 N–H and O–H groups in total. The van der Waals surface area contributed by atoms with Crippen molar-refractivity contribution in [3.05, 3.63) is 42.2 Å². The molecule has 3 heteroatoms. The molecule has 1 aromatic heterocycles. The zero-order valence-corrected chi connectivity index (χ0v) is 14.8. The summed E-state index contributed by atoms with van der Waals surface area (Å²) in [5.41, 5.74) is 2.46. The second-order valence-corrected chi connectivity index (χ2v) is 7.33. The smallest absolute Gasteiger partial charge is 0.112 e. The molecule has 2 aromatic carbocycles. The molecule has 3 aromatic rings. The van der Waals surface area contributed by atoms with Crippen molar-refractivity contribution < 1.29 is 0 Å². The summed E-state index contributed by atoms with van der Waals surface area (Å²) < 4.78 is 2.46. The fourth-order valence-electron chi connectivity index (χ4n) is 4.01. The highest BCUT2D eigenvalue weighted by Gasteiger charge is 2.16. The van der Waals surface area contributed by atoms with Crippen LogP contribution in [0.3, 0.4) is 0 Å². The largest absolute Gasteiger partial charge is 0.328 e. The standard InChI is InChI=1S/C21H27N3/c1-16(2)21-22-20-18-9-4-3-8-17(18)10-11-19(20)24(21)15-7-14-23-12-5-6-13-23/h3-4,8-11,16H,5-7,12-15H2,1-2H3. The van der Waals surface area contributed by atoms with Gasteiger partial charge in [0, 0.05) is 17.8 Å². The van der Waals surface area contributed by atoms with E-state index in [9.17, 15) is 0 Å². The minimum Gasteiger partial charge on any atom is -0.328 e. The van der Waals surface area contributed by atoms with E-state index in [1.807, 2.05) is 0 Å². The number of aryl methyl sites for hydroxylation is 1. The van der Waals surface area contributed by atoms with Crippen LogP contribution in [0.1, 0.15) is 44.9 Å². The Morgan fingerprint density at radius 1 is 1.00 bits per heavy atom. The van der Waals surface area contributed by atoms with Gasteiger partial charge in [-0.3, -0.25) is 0 Å². The summed E-state index contributed by atoms with van der Waals surface area (Å²) in [5, 5.41) is 2.55. The third kappa shape index (κ3) is 2.82. The molecule has 4 rings (SSSR count). The number of hydrogen-bond acceptors (Lipinski definition) is 2. The minimum absolute atomic E-state index is 0.447. The number of fused-ring (bicyclic) bond motifs is 3. The van der Waals surface area contributed by atoms with Crippen molar-refractivity contribution in [2.45, 2.75) is 45.6 Å². The second kappa shape index (κ2) is 6.56. The van der Waals surface area contributed by atoms with Crippen molar-refractivity contribution in [2.24, 2.45) is 0 Å².